The summed E-state index contributed by atoms with van der Waals surface area (Å²) in [6.07, 6.45) is 1.30. The Bertz CT molecular complexity index is 792. The Kier molecular flexibility index (Phi) is 5.75. The SMILES string of the molecule is O=C(O)COc1ccccc1/C=N\NC(=O)c1cc(Cl)ccc1O. The van der Waals surface area contributed by atoms with E-state index in [4.69, 9.17) is 21.4 Å². The number of halogens is 1. The number of ether oxygens (including phenoxy) is 1. The number of aromatic hydroxyl groups is 1. The Morgan fingerprint density at radius 3 is 2.75 bits per heavy atom. The molecule has 0 heterocycles. The number of rotatable bonds is 6. The predicted molar refractivity (Wildman–Crippen MR) is 87.7 cm³/mol. The highest BCUT2D eigenvalue weighted by atomic mass is 35.5. The van der Waals surface area contributed by atoms with Gasteiger partial charge in [-0.2, -0.15) is 5.10 Å². The number of phenols is 1. The third kappa shape index (κ3) is 4.72. The molecule has 0 aliphatic rings. The number of carbonyl (C=O) groups is 2. The van der Waals surface area contributed by atoms with Crippen molar-refractivity contribution in [1.82, 2.24) is 5.43 Å². The molecule has 0 spiro atoms. The van der Waals surface area contributed by atoms with Gasteiger partial charge in [0, 0.05) is 10.6 Å². The summed E-state index contributed by atoms with van der Waals surface area (Å²) in [5.74, 6) is -1.66. The molecule has 2 rings (SSSR count). The number of carboxylic acids is 1. The van der Waals surface area contributed by atoms with Crippen LogP contribution in [0.1, 0.15) is 15.9 Å². The number of para-hydroxylation sites is 1. The van der Waals surface area contributed by atoms with Gasteiger partial charge in [-0.25, -0.2) is 10.2 Å². The highest BCUT2D eigenvalue weighted by Crippen LogP contribution is 2.21. The second-order valence-corrected chi connectivity index (χ2v) is 5.02. The van der Waals surface area contributed by atoms with Crippen LogP contribution in [0.4, 0.5) is 0 Å². The minimum Gasteiger partial charge on any atom is -0.507 e. The molecule has 0 saturated heterocycles. The zero-order valence-electron chi connectivity index (χ0n) is 12.3. The van der Waals surface area contributed by atoms with Crippen LogP contribution < -0.4 is 10.2 Å². The van der Waals surface area contributed by atoms with E-state index in [2.05, 4.69) is 10.5 Å². The average Bonchev–Trinajstić information content (AvgIpc) is 2.56. The average molecular weight is 349 g/mol. The van der Waals surface area contributed by atoms with Crippen LogP contribution >= 0.6 is 11.6 Å². The van der Waals surface area contributed by atoms with Crippen molar-refractivity contribution in [2.75, 3.05) is 6.61 Å². The molecule has 24 heavy (non-hydrogen) atoms. The fourth-order valence-electron chi connectivity index (χ4n) is 1.77. The van der Waals surface area contributed by atoms with Crippen LogP contribution in [-0.2, 0) is 4.79 Å². The quantitative estimate of drug-likeness (QED) is 0.548. The number of hydrogen-bond acceptors (Lipinski definition) is 5. The number of phenolic OH excluding ortho intramolecular Hbond substituents is 1. The van der Waals surface area contributed by atoms with Crippen LogP contribution in [0.25, 0.3) is 0 Å². The second-order valence-electron chi connectivity index (χ2n) is 4.58. The first-order chi connectivity index (χ1) is 11.5. The van der Waals surface area contributed by atoms with Crippen molar-refractivity contribution in [3.63, 3.8) is 0 Å². The van der Waals surface area contributed by atoms with Crippen LogP contribution in [0.15, 0.2) is 47.6 Å². The first-order valence-corrected chi connectivity index (χ1v) is 7.10. The molecule has 0 fully saturated rings. The van der Waals surface area contributed by atoms with Crippen molar-refractivity contribution in [2.24, 2.45) is 5.10 Å². The Balaban J connectivity index is 2.07. The van der Waals surface area contributed by atoms with Crippen LogP contribution in [0.5, 0.6) is 11.5 Å². The molecule has 7 nitrogen and oxygen atoms in total. The summed E-state index contributed by atoms with van der Waals surface area (Å²) >= 11 is 5.78. The van der Waals surface area contributed by atoms with E-state index < -0.39 is 18.5 Å². The molecule has 2 aromatic rings. The van der Waals surface area contributed by atoms with Crippen LogP contribution in [0, 0.1) is 0 Å². The highest BCUT2D eigenvalue weighted by molar-refractivity contribution is 6.31. The second kappa shape index (κ2) is 7.98. The van der Waals surface area contributed by atoms with E-state index >= 15 is 0 Å². The van der Waals surface area contributed by atoms with Crippen molar-refractivity contribution < 1.29 is 24.5 Å². The maximum absolute atomic E-state index is 12.0. The fourth-order valence-corrected chi connectivity index (χ4v) is 1.94. The van der Waals surface area contributed by atoms with Crippen LogP contribution in [0.2, 0.25) is 5.02 Å². The minimum atomic E-state index is -1.11. The number of hydrogen-bond donors (Lipinski definition) is 3. The molecular weight excluding hydrogens is 336 g/mol. The number of nitrogens with zero attached hydrogens (tertiary/aromatic N) is 1. The Hall–Kier alpha value is -3.06. The van der Waals surface area contributed by atoms with Gasteiger partial charge >= 0.3 is 5.97 Å². The van der Waals surface area contributed by atoms with Gasteiger partial charge in [0.2, 0.25) is 0 Å². The number of carboxylic acid groups (broad SMARTS) is 1. The molecule has 3 N–H and O–H groups in total. The van der Waals surface area contributed by atoms with Gasteiger partial charge in [-0.3, -0.25) is 4.79 Å². The summed E-state index contributed by atoms with van der Waals surface area (Å²) in [5.41, 5.74) is 2.71. The van der Waals surface area contributed by atoms with Crippen LogP contribution in [-0.4, -0.2) is 34.9 Å². The van der Waals surface area contributed by atoms with Crippen molar-refractivity contribution in [3.05, 3.63) is 58.6 Å². The molecule has 124 valence electrons. The summed E-state index contributed by atoms with van der Waals surface area (Å²) < 4.78 is 5.11. The number of benzene rings is 2. The number of hydrazone groups is 1. The standard InChI is InChI=1S/C16H13ClN2O5/c17-11-5-6-13(20)12(7-11)16(23)19-18-8-10-3-1-2-4-14(10)24-9-15(21)22/h1-8,20H,9H2,(H,19,23)(H,21,22)/b18-8-. The van der Waals surface area contributed by atoms with Gasteiger partial charge in [0.15, 0.2) is 6.61 Å². The van der Waals surface area contributed by atoms with Crippen molar-refractivity contribution in [1.29, 1.82) is 0 Å². The van der Waals surface area contributed by atoms with Crippen LogP contribution in [0.3, 0.4) is 0 Å². The van der Waals surface area contributed by atoms with Gasteiger partial charge in [-0.05, 0) is 30.3 Å². The van der Waals surface area contributed by atoms with E-state index in [0.29, 0.717) is 16.3 Å². The molecule has 0 saturated carbocycles. The summed E-state index contributed by atoms with van der Waals surface area (Å²) in [6, 6.07) is 10.7. The molecule has 8 heteroatoms. The third-order valence-electron chi connectivity index (χ3n) is 2.84. The highest BCUT2D eigenvalue weighted by Gasteiger charge is 2.11. The van der Waals surface area contributed by atoms with Crippen molar-refractivity contribution in [3.8, 4) is 11.5 Å². The first-order valence-electron chi connectivity index (χ1n) is 6.73. The van der Waals surface area contributed by atoms with E-state index in [9.17, 15) is 14.7 Å². The van der Waals surface area contributed by atoms with Gasteiger partial charge in [-0.15, -0.1) is 0 Å². The lowest BCUT2D eigenvalue weighted by atomic mass is 10.2. The lowest BCUT2D eigenvalue weighted by Crippen LogP contribution is -2.18. The summed E-state index contributed by atoms with van der Waals surface area (Å²) in [7, 11) is 0. The van der Waals surface area contributed by atoms with Gasteiger partial charge in [-0.1, -0.05) is 23.7 Å². The fraction of sp³-hybridized carbons (Fsp3) is 0.0625. The lowest BCUT2D eigenvalue weighted by Gasteiger charge is -2.06. The zero-order chi connectivity index (χ0) is 17.5. The summed E-state index contributed by atoms with van der Waals surface area (Å²) in [4.78, 5) is 22.5. The zero-order valence-corrected chi connectivity index (χ0v) is 13.0. The Labute approximate surface area is 142 Å². The molecule has 0 aliphatic heterocycles. The molecule has 1 amide bonds. The van der Waals surface area contributed by atoms with E-state index in [1.165, 1.54) is 24.4 Å². The maximum atomic E-state index is 12.0. The number of aliphatic carboxylic acids is 1. The molecule has 0 unspecified atom stereocenters. The molecule has 2 aromatic carbocycles. The van der Waals surface area contributed by atoms with E-state index in [0.717, 1.165) is 0 Å². The monoisotopic (exact) mass is 348 g/mol. The van der Waals surface area contributed by atoms with Crippen molar-refractivity contribution >= 4 is 29.7 Å². The molecule has 0 bridgehead atoms. The van der Waals surface area contributed by atoms with Gasteiger partial charge in [0.05, 0.1) is 11.8 Å². The number of carbonyl (C=O) groups excluding carboxylic acids is 1. The molecule has 0 aromatic heterocycles. The van der Waals surface area contributed by atoms with E-state index in [1.807, 2.05) is 0 Å². The number of nitrogens with one attached hydrogen (secondary N) is 1. The molecule has 0 aliphatic carbocycles. The predicted octanol–water partition coefficient (Wildman–Crippen LogP) is 2.27. The smallest absolute Gasteiger partial charge is 0.341 e. The molecular formula is C16H13ClN2O5. The Morgan fingerprint density at radius 2 is 2.00 bits per heavy atom. The normalized spacial score (nSPS) is 10.5. The largest absolute Gasteiger partial charge is 0.507 e. The number of amides is 1. The lowest BCUT2D eigenvalue weighted by molar-refractivity contribution is -0.139. The first kappa shape index (κ1) is 17.3. The van der Waals surface area contributed by atoms with Gasteiger partial charge < -0.3 is 14.9 Å². The summed E-state index contributed by atoms with van der Waals surface area (Å²) in [5, 5.41) is 22.4. The van der Waals surface area contributed by atoms with E-state index in [1.54, 1.807) is 24.3 Å². The van der Waals surface area contributed by atoms with E-state index in [-0.39, 0.29) is 11.3 Å². The van der Waals surface area contributed by atoms with Gasteiger partial charge in [0.25, 0.3) is 5.91 Å². The molecule has 0 atom stereocenters. The molecule has 0 radical (unpaired) electrons. The maximum Gasteiger partial charge on any atom is 0.341 e. The topological polar surface area (TPSA) is 108 Å². The Morgan fingerprint density at radius 1 is 1.25 bits per heavy atom. The third-order valence-corrected chi connectivity index (χ3v) is 3.08. The van der Waals surface area contributed by atoms with Gasteiger partial charge in [0.1, 0.15) is 11.5 Å². The van der Waals surface area contributed by atoms with Crippen molar-refractivity contribution in [2.45, 2.75) is 0 Å². The summed E-state index contributed by atoms with van der Waals surface area (Å²) in [6.45, 7) is -0.492. The minimum absolute atomic E-state index is 0.0185.